The first-order valence-electron chi connectivity index (χ1n) is 3.98. The van der Waals surface area contributed by atoms with Crippen LogP contribution in [0.4, 0.5) is 0 Å². The molecular weight excluding hydrogens is 328 g/mol. The zero-order valence-electron chi connectivity index (χ0n) is 7.29. The normalized spacial score (nSPS) is 28.4. The van der Waals surface area contributed by atoms with Gasteiger partial charge >= 0.3 is 89.6 Å². The van der Waals surface area contributed by atoms with Gasteiger partial charge in [0.2, 0.25) is 0 Å². The van der Waals surface area contributed by atoms with Gasteiger partial charge in [0, 0.05) is 0 Å². The number of benzene rings is 1. The van der Waals surface area contributed by atoms with Crippen molar-refractivity contribution in [2.45, 2.75) is 6.54 Å². The Balaban J connectivity index is 2.49. The summed E-state index contributed by atoms with van der Waals surface area (Å²) >= 11 is 2.68. The molecule has 0 saturated carbocycles. The second-order valence-corrected chi connectivity index (χ2v) is 12.8. The minimum absolute atomic E-state index is 0.817. The Morgan fingerprint density at radius 3 is 2.67 bits per heavy atom. The van der Waals surface area contributed by atoms with E-state index in [1.54, 1.807) is 10.0 Å². The van der Waals surface area contributed by atoms with Gasteiger partial charge in [0.05, 0.1) is 0 Å². The molecule has 1 aromatic carbocycles. The van der Waals surface area contributed by atoms with Gasteiger partial charge in [0.1, 0.15) is 0 Å². The Labute approximate surface area is 89.2 Å². The van der Waals surface area contributed by atoms with Crippen molar-refractivity contribution in [3.8, 4) is 0 Å². The van der Waals surface area contributed by atoms with E-state index in [0.29, 0.717) is 0 Å². The zero-order chi connectivity index (χ0) is 8.77. The molecule has 1 unspecified atom stereocenters. The van der Waals surface area contributed by atoms with Crippen LogP contribution in [0, 0.1) is 0 Å². The summed E-state index contributed by atoms with van der Waals surface area (Å²) in [6.07, 6.45) is 0. The van der Waals surface area contributed by atoms with E-state index < -0.39 is 10.9 Å². The fourth-order valence-corrected chi connectivity index (χ4v) is 7.88. The molecule has 0 saturated heterocycles. The van der Waals surface area contributed by atoms with Gasteiger partial charge < -0.3 is 0 Å². The third-order valence-corrected chi connectivity index (χ3v) is 15.0. The molecule has 1 aliphatic rings. The molecule has 0 bridgehead atoms. The number of fused-ring (bicyclic) bond motifs is 1. The molecule has 1 heterocycles. The molecule has 12 heavy (non-hydrogen) atoms. The molecule has 0 spiro atoms. The van der Waals surface area contributed by atoms with E-state index in [1.165, 1.54) is 10.0 Å². The van der Waals surface area contributed by atoms with Crippen LogP contribution in [-0.2, 0) is 6.54 Å². The Hall–Kier alpha value is 0.429. The van der Waals surface area contributed by atoms with Crippen molar-refractivity contribution < 1.29 is 3.50 Å². The van der Waals surface area contributed by atoms with E-state index in [2.05, 4.69) is 58.7 Å². The summed E-state index contributed by atoms with van der Waals surface area (Å²) < 4.78 is 2.89. The molecule has 1 aromatic rings. The summed E-state index contributed by atoms with van der Waals surface area (Å²) in [5.74, 6) is 0. The summed E-state index contributed by atoms with van der Waals surface area (Å²) in [5, 5.41) is 0. The minimum atomic E-state index is -0.817. The fourth-order valence-electron chi connectivity index (χ4n) is 1.60. The van der Waals surface area contributed by atoms with Crippen LogP contribution in [0.15, 0.2) is 24.3 Å². The number of hydrogen-bond donors (Lipinski definition) is 0. The van der Waals surface area contributed by atoms with Crippen LogP contribution < -0.4 is 4.46 Å². The predicted octanol–water partition coefficient (Wildman–Crippen LogP) is 1.14. The number of rotatable bonds is 0. The average molecular weight is 341 g/mol. The maximum atomic E-state index is 2.68. The molecule has 2 rings (SSSR count). The van der Waals surface area contributed by atoms with Crippen molar-refractivity contribution in [2.24, 2.45) is 0 Å². The first-order chi connectivity index (χ1) is 5.61. The first kappa shape index (κ1) is 9.00. The third-order valence-electron chi connectivity index (χ3n) is 2.22. The van der Waals surface area contributed by atoms with Gasteiger partial charge in [-0.25, -0.2) is 0 Å². The molecule has 0 fully saturated rings. The number of hydrogen-bond acceptors (Lipinski definition) is 0. The van der Waals surface area contributed by atoms with Crippen LogP contribution in [0.2, 0.25) is 0 Å². The maximum absolute atomic E-state index is 2.68. The van der Waals surface area contributed by atoms with Gasteiger partial charge in [0.25, 0.3) is 0 Å². The number of halogens is 1. The molecule has 1 aliphatic heterocycles. The van der Waals surface area contributed by atoms with Crippen LogP contribution in [0.5, 0.6) is 0 Å². The van der Waals surface area contributed by atoms with Gasteiger partial charge in [-0.1, -0.05) is 0 Å². The van der Waals surface area contributed by atoms with Crippen molar-refractivity contribution in [1.82, 2.24) is 0 Å². The molecule has 0 aromatic heterocycles. The molecule has 0 amide bonds. The van der Waals surface area contributed by atoms with E-state index in [1.807, 2.05) is 0 Å². The van der Waals surface area contributed by atoms with E-state index in [-0.39, 0.29) is 0 Å². The van der Waals surface area contributed by atoms with E-state index in [4.69, 9.17) is 0 Å². The summed E-state index contributed by atoms with van der Waals surface area (Å²) in [4.78, 5) is 0. The van der Waals surface area contributed by atoms with Gasteiger partial charge in [-0.15, -0.1) is 0 Å². The van der Waals surface area contributed by atoms with Gasteiger partial charge in [-0.3, -0.25) is 0 Å². The van der Waals surface area contributed by atoms with Crippen LogP contribution in [0.25, 0.3) is 0 Å². The zero-order valence-corrected chi connectivity index (χ0v) is 11.3. The monoisotopic (exact) mass is 342 g/mol. The number of nitrogens with zero attached hydrogens (tertiary/aromatic N) is 1. The quantitative estimate of drug-likeness (QED) is 0.491. The molecule has 0 radical (unpaired) electrons. The van der Waals surface area contributed by atoms with Crippen molar-refractivity contribution in [2.75, 3.05) is 14.1 Å². The first-order valence-corrected chi connectivity index (χ1v) is 11.5. The van der Waals surface area contributed by atoms with E-state index in [9.17, 15) is 0 Å². The SMILES string of the molecule is C[N+]1(C)Cc2ccccc2[SeH]1I. The Morgan fingerprint density at radius 2 is 2.00 bits per heavy atom. The third kappa shape index (κ3) is 1.33. The Bertz CT molecular complexity index is 311. The molecular formula is C9H13INSe+. The fraction of sp³-hybridized carbons (Fsp3) is 0.333. The average Bonchev–Trinajstić information content (AvgIpc) is 2.24. The van der Waals surface area contributed by atoms with E-state index in [0.717, 1.165) is 0 Å². The topological polar surface area (TPSA) is 0 Å². The Morgan fingerprint density at radius 1 is 1.33 bits per heavy atom. The van der Waals surface area contributed by atoms with Gasteiger partial charge in [0.15, 0.2) is 0 Å². The van der Waals surface area contributed by atoms with Crippen molar-refractivity contribution >= 4 is 35.7 Å². The van der Waals surface area contributed by atoms with Crippen molar-refractivity contribution in [3.63, 3.8) is 0 Å². The second-order valence-electron chi connectivity index (χ2n) is 3.67. The van der Waals surface area contributed by atoms with Gasteiger partial charge in [-0.05, 0) is 0 Å². The summed E-state index contributed by atoms with van der Waals surface area (Å²) in [5.41, 5.74) is 1.58. The summed E-state index contributed by atoms with van der Waals surface area (Å²) in [6, 6.07) is 8.92. The van der Waals surface area contributed by atoms with Crippen LogP contribution in [0.1, 0.15) is 5.56 Å². The molecule has 0 N–H and O–H groups in total. The summed E-state index contributed by atoms with van der Waals surface area (Å²) in [7, 11) is 3.89. The second kappa shape index (κ2) is 2.98. The standard InChI is InChI=1S/C9H13INSe/c1-11(2)7-8-5-3-4-6-9(8)12(11)10/h3-6,12H,7H2,1-2H3/q+1. The summed E-state index contributed by atoms with van der Waals surface area (Å²) in [6.45, 7) is 1.24. The molecule has 0 aliphatic carbocycles. The molecule has 1 atom stereocenters. The van der Waals surface area contributed by atoms with Crippen molar-refractivity contribution in [1.29, 1.82) is 0 Å². The van der Waals surface area contributed by atoms with E-state index >= 15 is 0 Å². The molecule has 3 heteroatoms. The van der Waals surface area contributed by atoms with Crippen LogP contribution in [-0.4, -0.2) is 28.5 Å². The van der Waals surface area contributed by atoms with Crippen LogP contribution in [0.3, 0.4) is 0 Å². The molecule has 66 valence electrons. The van der Waals surface area contributed by atoms with Gasteiger partial charge in [-0.2, -0.15) is 0 Å². The number of quaternary nitrogens is 1. The van der Waals surface area contributed by atoms with Crippen LogP contribution >= 0.6 is 20.3 Å². The molecule has 1 nitrogen and oxygen atoms in total. The predicted molar refractivity (Wildman–Crippen MR) is 63.1 cm³/mol. The Kier molecular flexibility index (Phi) is 2.23. The van der Waals surface area contributed by atoms with Crippen molar-refractivity contribution in [3.05, 3.63) is 29.8 Å².